The van der Waals surface area contributed by atoms with E-state index >= 15 is 0 Å². The van der Waals surface area contributed by atoms with Gasteiger partial charge in [0.2, 0.25) is 17.4 Å². The van der Waals surface area contributed by atoms with E-state index in [2.05, 4.69) is 49.9 Å². The van der Waals surface area contributed by atoms with Crippen molar-refractivity contribution in [1.29, 1.82) is 0 Å². The fourth-order valence-corrected chi connectivity index (χ4v) is 16.0. The molecule has 7 heterocycles. The molecule has 3 saturated carbocycles. The average Bonchev–Trinajstić information content (AvgIpc) is 3.82. The van der Waals surface area contributed by atoms with Crippen LogP contribution in [0.5, 0.6) is 23.0 Å². The van der Waals surface area contributed by atoms with Crippen LogP contribution in [0.3, 0.4) is 0 Å². The maximum absolute atomic E-state index is 12.5. The number of methoxy groups -OCH3 is 2. The molecule has 5 spiro atoms. The highest BCUT2D eigenvalue weighted by Gasteiger charge is 2.79. The van der Waals surface area contributed by atoms with Gasteiger partial charge in [0.1, 0.15) is 13.2 Å². The first-order valence-corrected chi connectivity index (χ1v) is 25.1. The fourth-order valence-electron chi connectivity index (χ4n) is 16.0. The van der Waals surface area contributed by atoms with Crippen molar-refractivity contribution >= 4 is 0 Å². The summed E-state index contributed by atoms with van der Waals surface area (Å²) in [6, 6.07) is 8.42. The average molecular weight is 915 g/mol. The number of likely N-dealkylation sites (N-methyl/N-ethyl adjacent to an activating group) is 2. The Hall–Kier alpha value is -2.76. The van der Waals surface area contributed by atoms with Gasteiger partial charge < -0.3 is 67.4 Å². The molecule has 14 rings (SSSR count). The molecule has 4 unspecified atom stereocenters. The van der Waals surface area contributed by atoms with Crippen LogP contribution in [0, 0.1) is 17.3 Å². The monoisotopic (exact) mass is 914 g/mol. The minimum absolute atomic E-state index is 0.0210. The van der Waals surface area contributed by atoms with E-state index in [1.54, 1.807) is 14.2 Å². The van der Waals surface area contributed by atoms with Gasteiger partial charge in [-0.25, -0.2) is 0 Å². The number of ether oxygens (including phenoxy) is 10. The van der Waals surface area contributed by atoms with E-state index in [1.165, 1.54) is 36.8 Å². The van der Waals surface area contributed by atoms with E-state index in [-0.39, 0.29) is 23.6 Å². The molecule has 66 heavy (non-hydrogen) atoms. The summed E-state index contributed by atoms with van der Waals surface area (Å²) in [5.41, 5.74) is 1.82. The quantitative estimate of drug-likeness (QED) is 0.417. The van der Waals surface area contributed by atoms with Crippen molar-refractivity contribution in [3.63, 3.8) is 0 Å². The summed E-state index contributed by atoms with van der Waals surface area (Å²) in [6.07, 6.45) is 9.84. The summed E-state index contributed by atoms with van der Waals surface area (Å²) in [6.45, 7) is 9.42. The number of fused-ring (bicyclic) bond motifs is 3. The number of piperidine rings is 2. The van der Waals surface area contributed by atoms with Gasteiger partial charge >= 0.3 is 0 Å². The standard InChI is InChI=1S/C29H39NO7.C23H31NO5/c1-30-12-11-27-23-18-7-8-21(32-2)24(23)37-25(27)29(10-9-28(27,31)22(30)13-18)35-16-26(17-36-29)33-14-19-5-3-4-6-20(19)15-34-26;1-20(2)12-27-23(28-13-20)8-7-22(25)16-11-14-5-6-15(26-4)18-17(14)21(22,19(23)29-18)9-10-24(16)3/h7-8,19-20,22,25,31H,3-6,9-17H2,1-2H3;5-6,16,19,25H,7-13H2,1-4H3/t19?,20?,22-,25-,26?,27+,28?,29?;16-,19-,21+,22?/m11/s1. The van der Waals surface area contributed by atoms with Crippen LogP contribution in [0.25, 0.3) is 0 Å². The fraction of sp³-hybridized carbons (Fsp3) is 0.769. The molecule has 4 bridgehead atoms. The highest BCUT2D eigenvalue weighted by molar-refractivity contribution is 5.64. The van der Waals surface area contributed by atoms with E-state index in [0.717, 1.165) is 67.1 Å². The van der Waals surface area contributed by atoms with Gasteiger partial charge in [-0.05, 0) is 114 Å². The smallest absolute Gasteiger partial charge is 0.216 e. The van der Waals surface area contributed by atoms with Crippen molar-refractivity contribution in [2.75, 3.05) is 81.0 Å². The van der Waals surface area contributed by atoms with E-state index in [9.17, 15) is 10.2 Å². The Morgan fingerprint density at radius 3 is 1.45 bits per heavy atom. The first kappa shape index (κ1) is 43.3. The van der Waals surface area contributed by atoms with E-state index < -0.39 is 45.5 Å². The number of aliphatic hydroxyl groups is 2. The van der Waals surface area contributed by atoms with Gasteiger partial charge in [-0.3, -0.25) is 0 Å². The Morgan fingerprint density at radius 1 is 0.576 bits per heavy atom. The van der Waals surface area contributed by atoms with Gasteiger partial charge in [-0.2, -0.15) is 0 Å². The molecule has 14 nitrogen and oxygen atoms in total. The van der Waals surface area contributed by atoms with Crippen molar-refractivity contribution < 1.29 is 57.6 Å². The summed E-state index contributed by atoms with van der Waals surface area (Å²) in [7, 11) is 7.63. The number of hydrogen-bond acceptors (Lipinski definition) is 14. The van der Waals surface area contributed by atoms with Gasteiger partial charge in [-0.1, -0.05) is 38.8 Å². The molecular weight excluding hydrogens is 845 g/mol. The number of rotatable bonds is 2. The van der Waals surface area contributed by atoms with Crippen molar-refractivity contribution in [2.24, 2.45) is 17.3 Å². The Balaban J connectivity index is 0.000000136. The van der Waals surface area contributed by atoms with Gasteiger partial charge in [-0.15, -0.1) is 0 Å². The number of hydrogen-bond donors (Lipinski definition) is 2. The largest absolute Gasteiger partial charge is 0.493 e. The van der Waals surface area contributed by atoms with Gasteiger partial charge in [0.05, 0.1) is 62.7 Å². The Labute approximate surface area is 388 Å². The molecule has 7 aliphatic heterocycles. The lowest BCUT2D eigenvalue weighted by molar-refractivity contribution is -0.418. The Kier molecular flexibility index (Phi) is 9.45. The van der Waals surface area contributed by atoms with Crippen molar-refractivity contribution in [3.8, 4) is 23.0 Å². The second-order valence-electron chi connectivity index (χ2n) is 23.2. The summed E-state index contributed by atoms with van der Waals surface area (Å²) >= 11 is 0. The molecule has 14 heteroatoms. The predicted octanol–water partition coefficient (Wildman–Crippen LogP) is 5.02. The van der Waals surface area contributed by atoms with Crippen LogP contribution in [0.1, 0.15) is 100 Å². The zero-order valence-corrected chi connectivity index (χ0v) is 39.8. The normalized spacial score (nSPS) is 45.0. The molecule has 10 atom stereocenters. The van der Waals surface area contributed by atoms with Crippen molar-refractivity contribution in [2.45, 2.75) is 155 Å². The third-order valence-corrected chi connectivity index (χ3v) is 19.6. The molecule has 0 aromatic heterocycles. The van der Waals surface area contributed by atoms with Gasteiger partial charge in [0.25, 0.3) is 0 Å². The summed E-state index contributed by atoms with van der Waals surface area (Å²) < 4.78 is 64.3. The van der Waals surface area contributed by atoms with Crippen LogP contribution in [-0.2, 0) is 52.1 Å². The third-order valence-electron chi connectivity index (χ3n) is 19.6. The lowest BCUT2D eigenvalue weighted by Gasteiger charge is -2.66. The molecule has 12 aliphatic rings. The molecule has 5 aliphatic carbocycles. The summed E-state index contributed by atoms with van der Waals surface area (Å²) in [5.74, 6) is 1.45. The van der Waals surface area contributed by atoms with Gasteiger partial charge in [0, 0.05) is 41.5 Å². The number of nitrogens with zero attached hydrogens (tertiary/aromatic N) is 2. The molecule has 2 N–H and O–H groups in total. The second kappa shape index (κ2) is 14.4. The van der Waals surface area contributed by atoms with Gasteiger partial charge in [0.15, 0.2) is 35.2 Å². The number of benzene rings is 2. The maximum Gasteiger partial charge on any atom is 0.216 e. The lowest BCUT2D eigenvalue weighted by atomic mass is 9.48. The van der Waals surface area contributed by atoms with Crippen LogP contribution in [0.2, 0.25) is 0 Å². The van der Waals surface area contributed by atoms with Crippen LogP contribution < -0.4 is 18.9 Å². The van der Waals surface area contributed by atoms with Crippen LogP contribution in [-0.4, -0.2) is 154 Å². The molecule has 360 valence electrons. The maximum atomic E-state index is 12.5. The topological polar surface area (TPSA) is 139 Å². The molecule has 0 amide bonds. The zero-order chi connectivity index (χ0) is 45.3. The van der Waals surface area contributed by atoms with Crippen molar-refractivity contribution in [1.82, 2.24) is 9.80 Å². The highest BCUT2D eigenvalue weighted by atomic mass is 16.8. The van der Waals surface area contributed by atoms with E-state index in [1.807, 2.05) is 12.1 Å². The van der Waals surface area contributed by atoms with Crippen LogP contribution in [0.4, 0.5) is 0 Å². The minimum Gasteiger partial charge on any atom is -0.493 e. The van der Waals surface area contributed by atoms with E-state index in [4.69, 9.17) is 47.4 Å². The molecule has 2 aromatic rings. The SMILES string of the molecule is COc1ccc2c3c1O[C@H]1C4(CCC5(O)[C@@H](C2)N(C)CC[C@]315)OCC(C)(C)CO4.COc1ccc2c3c1O[C@H]1C4(CCC5(O)[C@@H](C2)N(C)CC[C@]315)OCC1(CO4)OCC2CCCCC2CO1. The lowest BCUT2D eigenvalue weighted by Crippen LogP contribution is -2.80. The summed E-state index contributed by atoms with van der Waals surface area (Å²) in [4.78, 5) is 4.66. The van der Waals surface area contributed by atoms with E-state index in [0.29, 0.717) is 82.9 Å². The molecule has 5 saturated heterocycles. The highest BCUT2D eigenvalue weighted by Crippen LogP contribution is 2.70. The first-order chi connectivity index (χ1) is 31.7. The molecule has 8 fully saturated rings. The minimum atomic E-state index is -0.970. The number of likely N-dealkylation sites (tertiary alicyclic amines) is 2. The van der Waals surface area contributed by atoms with Crippen LogP contribution >= 0.6 is 0 Å². The third kappa shape index (κ3) is 5.43. The Morgan fingerprint density at radius 2 is 1.02 bits per heavy atom. The molecule has 0 radical (unpaired) electrons. The van der Waals surface area contributed by atoms with Crippen molar-refractivity contribution in [3.05, 3.63) is 46.5 Å². The predicted molar refractivity (Wildman–Crippen MR) is 239 cm³/mol. The molecular formula is C52H70N2O12. The first-order valence-electron chi connectivity index (χ1n) is 25.1. The zero-order valence-electron chi connectivity index (χ0n) is 39.8. The second-order valence-corrected chi connectivity index (χ2v) is 23.2. The molecule has 2 aromatic carbocycles. The van der Waals surface area contributed by atoms with Crippen LogP contribution in [0.15, 0.2) is 24.3 Å². The Bertz CT molecular complexity index is 2270. The summed E-state index contributed by atoms with van der Waals surface area (Å²) in [5, 5.41) is 24.8.